The number of amides is 1. The summed E-state index contributed by atoms with van der Waals surface area (Å²) in [5.74, 6) is 0.545. The van der Waals surface area contributed by atoms with Crippen LogP contribution in [0.15, 0.2) is 35.4 Å². The summed E-state index contributed by atoms with van der Waals surface area (Å²) in [7, 11) is -0.177. The second kappa shape index (κ2) is 9.22. The monoisotopic (exact) mass is 433 g/mol. The number of sulfonamides is 1. The molecule has 0 saturated carbocycles. The molecule has 2 aromatic rings. The van der Waals surface area contributed by atoms with Gasteiger partial charge in [0.1, 0.15) is 22.9 Å². The lowest BCUT2D eigenvalue weighted by Crippen LogP contribution is -2.35. The minimum Gasteiger partial charge on any atom is -0.492 e. The van der Waals surface area contributed by atoms with E-state index < -0.39 is 10.0 Å². The number of piperidine rings is 1. The number of carbonyl (C=O) groups is 1. The number of benzene rings is 1. The average molecular weight is 434 g/mol. The van der Waals surface area contributed by atoms with Gasteiger partial charge >= 0.3 is 0 Å². The third kappa shape index (κ3) is 5.05. The van der Waals surface area contributed by atoms with Gasteiger partial charge in [0.25, 0.3) is 5.91 Å². The Balaban J connectivity index is 1.64. The van der Waals surface area contributed by atoms with Gasteiger partial charge in [0, 0.05) is 33.4 Å². The van der Waals surface area contributed by atoms with Crippen molar-refractivity contribution in [3.8, 4) is 5.75 Å². The lowest BCUT2D eigenvalue weighted by Gasteiger charge is -2.25. The van der Waals surface area contributed by atoms with Crippen molar-refractivity contribution < 1.29 is 17.9 Å². The van der Waals surface area contributed by atoms with Crippen molar-refractivity contribution in [2.24, 2.45) is 7.05 Å². The van der Waals surface area contributed by atoms with Gasteiger partial charge in [-0.2, -0.15) is 4.31 Å². The topological polar surface area (TPSA) is 71.8 Å². The maximum atomic E-state index is 12.9. The lowest BCUT2D eigenvalue weighted by atomic mass is 10.1. The van der Waals surface area contributed by atoms with Gasteiger partial charge in [0.15, 0.2) is 0 Å². The molecule has 1 aromatic carbocycles. The molecule has 7 nitrogen and oxygen atoms in total. The smallest absolute Gasteiger partial charge is 0.270 e. The number of aryl methyl sites for hydroxylation is 3. The highest BCUT2D eigenvalue weighted by atomic mass is 32.2. The Bertz CT molecular complexity index is 987. The van der Waals surface area contributed by atoms with Crippen LogP contribution >= 0.6 is 0 Å². The highest BCUT2D eigenvalue weighted by molar-refractivity contribution is 7.89. The molecule has 1 aromatic heterocycles. The van der Waals surface area contributed by atoms with Crippen LogP contribution in [0, 0.1) is 13.8 Å². The van der Waals surface area contributed by atoms with Gasteiger partial charge in [-0.1, -0.05) is 12.5 Å². The average Bonchev–Trinajstić information content (AvgIpc) is 3.09. The fourth-order valence-corrected chi connectivity index (χ4v) is 5.34. The fraction of sp³-hybridized carbons (Fsp3) is 0.500. The molecule has 1 saturated heterocycles. The predicted molar refractivity (Wildman–Crippen MR) is 116 cm³/mol. The Morgan fingerprint density at radius 1 is 1.07 bits per heavy atom. The Morgan fingerprint density at radius 2 is 1.70 bits per heavy atom. The van der Waals surface area contributed by atoms with E-state index in [4.69, 9.17) is 4.74 Å². The molecule has 1 amide bonds. The minimum atomic E-state index is -3.57. The summed E-state index contributed by atoms with van der Waals surface area (Å²) in [6.07, 6.45) is 4.33. The van der Waals surface area contributed by atoms with E-state index in [9.17, 15) is 13.2 Å². The van der Waals surface area contributed by atoms with Crippen LogP contribution in [-0.4, -0.2) is 61.4 Å². The molecule has 164 valence electrons. The molecule has 0 bridgehead atoms. The largest absolute Gasteiger partial charge is 0.492 e. The first kappa shape index (κ1) is 22.4. The van der Waals surface area contributed by atoms with Crippen LogP contribution in [0.25, 0.3) is 0 Å². The number of likely N-dealkylation sites (N-methyl/N-ethyl adjacent to an activating group) is 1. The van der Waals surface area contributed by atoms with Crippen molar-refractivity contribution in [3.05, 3.63) is 47.3 Å². The number of carbonyl (C=O) groups excluding carboxylic acids is 1. The molecular weight excluding hydrogens is 402 g/mol. The third-order valence-corrected chi connectivity index (χ3v) is 7.25. The molecule has 30 heavy (non-hydrogen) atoms. The first-order chi connectivity index (χ1) is 14.2. The van der Waals surface area contributed by atoms with Crippen molar-refractivity contribution in [1.29, 1.82) is 0 Å². The Morgan fingerprint density at radius 3 is 2.33 bits per heavy atom. The van der Waals surface area contributed by atoms with Gasteiger partial charge in [-0.25, -0.2) is 8.42 Å². The summed E-state index contributed by atoms with van der Waals surface area (Å²) in [4.78, 5) is 14.6. The minimum absolute atomic E-state index is 0.176. The van der Waals surface area contributed by atoms with Crippen LogP contribution in [0.2, 0.25) is 0 Å². The summed E-state index contributed by atoms with van der Waals surface area (Å²) in [6.45, 7) is 5.85. The maximum Gasteiger partial charge on any atom is 0.270 e. The van der Waals surface area contributed by atoms with Crippen LogP contribution in [0.3, 0.4) is 0 Å². The summed E-state index contributed by atoms with van der Waals surface area (Å²) < 4.78 is 34.7. The van der Waals surface area contributed by atoms with Gasteiger partial charge in [-0.3, -0.25) is 4.79 Å². The van der Waals surface area contributed by atoms with Crippen molar-refractivity contribution in [3.63, 3.8) is 0 Å². The lowest BCUT2D eigenvalue weighted by molar-refractivity contribution is 0.0764. The zero-order chi connectivity index (χ0) is 21.9. The molecule has 2 heterocycles. The molecule has 0 spiro atoms. The van der Waals surface area contributed by atoms with Crippen LogP contribution in [-0.2, 0) is 17.1 Å². The predicted octanol–water partition coefficient (Wildman–Crippen LogP) is 2.97. The van der Waals surface area contributed by atoms with E-state index in [1.807, 2.05) is 26.0 Å². The van der Waals surface area contributed by atoms with Crippen molar-refractivity contribution >= 4 is 15.9 Å². The summed E-state index contributed by atoms with van der Waals surface area (Å²) in [6, 6.07) is 7.48. The SMILES string of the molecule is Cc1cc(C)cc(OCCN(C)C(=O)c2cc(S(=O)(=O)N3CCCCC3)cn2C)c1. The first-order valence-electron chi connectivity index (χ1n) is 10.3. The summed E-state index contributed by atoms with van der Waals surface area (Å²) >= 11 is 0. The van der Waals surface area contributed by atoms with E-state index in [2.05, 4.69) is 6.07 Å². The molecule has 3 rings (SSSR count). The van der Waals surface area contributed by atoms with Crippen LogP contribution < -0.4 is 4.74 Å². The van der Waals surface area contributed by atoms with Crippen molar-refractivity contribution in [2.45, 2.75) is 38.0 Å². The molecule has 0 radical (unpaired) electrons. The van der Waals surface area contributed by atoms with Crippen LogP contribution in [0.5, 0.6) is 5.75 Å². The quantitative estimate of drug-likeness (QED) is 0.673. The van der Waals surface area contributed by atoms with E-state index in [0.29, 0.717) is 31.9 Å². The highest BCUT2D eigenvalue weighted by Crippen LogP contribution is 2.23. The number of aromatic nitrogens is 1. The fourth-order valence-electron chi connectivity index (χ4n) is 3.76. The van der Waals surface area contributed by atoms with Crippen molar-refractivity contribution in [1.82, 2.24) is 13.8 Å². The van der Waals surface area contributed by atoms with Gasteiger partial charge in [0.2, 0.25) is 10.0 Å². The van der Waals surface area contributed by atoms with Crippen LogP contribution in [0.4, 0.5) is 0 Å². The molecule has 0 atom stereocenters. The summed E-state index contributed by atoms with van der Waals surface area (Å²) in [5, 5.41) is 0. The van der Waals surface area contributed by atoms with Crippen LogP contribution in [0.1, 0.15) is 40.9 Å². The van der Waals surface area contributed by atoms with E-state index in [1.54, 1.807) is 23.6 Å². The van der Waals surface area contributed by atoms with Gasteiger partial charge in [0.05, 0.1) is 6.54 Å². The molecule has 0 N–H and O–H groups in total. The molecule has 0 aliphatic carbocycles. The molecular formula is C22H31N3O4S. The van der Waals surface area contributed by atoms with Crippen molar-refractivity contribution in [2.75, 3.05) is 33.3 Å². The standard InChI is InChI=1S/C22H31N3O4S/c1-17-12-18(2)14-19(13-17)29-11-10-23(3)22(26)21-15-20(16-24(21)4)30(27,28)25-8-6-5-7-9-25/h12-16H,5-11H2,1-4H3. The Hall–Kier alpha value is -2.32. The van der Waals surface area contributed by atoms with Gasteiger partial charge in [-0.15, -0.1) is 0 Å². The second-order valence-electron chi connectivity index (χ2n) is 8.04. The molecule has 1 fully saturated rings. The van der Waals surface area contributed by atoms with Gasteiger partial charge < -0.3 is 14.2 Å². The highest BCUT2D eigenvalue weighted by Gasteiger charge is 2.29. The molecule has 1 aliphatic heterocycles. The molecule has 8 heteroatoms. The number of nitrogens with zero attached hydrogens (tertiary/aromatic N) is 3. The number of rotatable bonds is 7. The molecule has 1 aliphatic rings. The molecule has 0 unspecified atom stereocenters. The van der Waals surface area contributed by atoms with E-state index in [1.165, 1.54) is 16.6 Å². The maximum absolute atomic E-state index is 12.9. The Kier molecular flexibility index (Phi) is 6.88. The second-order valence-corrected chi connectivity index (χ2v) is 9.97. The number of hydrogen-bond donors (Lipinski definition) is 0. The van der Waals surface area contributed by atoms with Gasteiger partial charge in [-0.05, 0) is 56.0 Å². The van der Waals surface area contributed by atoms with E-state index in [-0.39, 0.29) is 10.8 Å². The zero-order valence-electron chi connectivity index (χ0n) is 18.2. The van der Waals surface area contributed by atoms with E-state index in [0.717, 1.165) is 36.1 Å². The zero-order valence-corrected chi connectivity index (χ0v) is 19.0. The normalized spacial score (nSPS) is 15.2. The number of ether oxygens (including phenoxy) is 1. The summed E-state index contributed by atoms with van der Waals surface area (Å²) in [5.41, 5.74) is 2.60. The first-order valence-corrected chi connectivity index (χ1v) is 11.8. The van der Waals surface area contributed by atoms with E-state index >= 15 is 0 Å². The Labute approximate surface area is 179 Å². The number of hydrogen-bond acceptors (Lipinski definition) is 4. The third-order valence-electron chi connectivity index (χ3n) is 5.39.